The topological polar surface area (TPSA) is 58.5 Å². The molecule has 1 aromatic heterocycles. The Morgan fingerprint density at radius 3 is 2.77 bits per heavy atom. The molecule has 26 heavy (non-hydrogen) atoms. The van der Waals surface area contributed by atoms with Crippen molar-refractivity contribution in [2.24, 2.45) is 4.99 Å². The number of rotatable bonds is 8. The van der Waals surface area contributed by atoms with E-state index >= 15 is 0 Å². The van der Waals surface area contributed by atoms with Crippen molar-refractivity contribution in [1.29, 1.82) is 0 Å². The molecule has 0 fully saturated rings. The van der Waals surface area contributed by atoms with Gasteiger partial charge in [-0.05, 0) is 37.0 Å². The Morgan fingerprint density at radius 1 is 1.31 bits per heavy atom. The number of guanidine groups is 1. The highest BCUT2D eigenvalue weighted by molar-refractivity contribution is 14.0. The number of aliphatic imine (C=N–C) groups is 1. The summed E-state index contributed by atoms with van der Waals surface area (Å²) in [7, 11) is 1.78. The molecule has 2 rings (SSSR count). The Morgan fingerprint density at radius 2 is 2.12 bits per heavy atom. The SMILES string of the molecule is CCOc1cccc(CCNC(=NC)NCc2nc(C(C)C)cs2)c1.I. The first kappa shape index (κ1) is 22.7. The normalized spacial score (nSPS) is 11.2. The lowest BCUT2D eigenvalue weighted by Gasteiger charge is -2.11. The van der Waals surface area contributed by atoms with E-state index in [2.05, 4.69) is 52.0 Å². The van der Waals surface area contributed by atoms with Crippen LogP contribution in [0.4, 0.5) is 0 Å². The van der Waals surface area contributed by atoms with Crippen LogP contribution in [0, 0.1) is 0 Å². The molecule has 2 aromatic rings. The molecule has 0 bridgehead atoms. The maximum absolute atomic E-state index is 5.54. The lowest BCUT2D eigenvalue weighted by atomic mass is 10.1. The molecule has 0 aliphatic heterocycles. The third-order valence-electron chi connectivity index (χ3n) is 3.71. The largest absolute Gasteiger partial charge is 0.494 e. The van der Waals surface area contributed by atoms with Crippen LogP contribution in [0.2, 0.25) is 0 Å². The van der Waals surface area contributed by atoms with E-state index in [4.69, 9.17) is 4.74 Å². The van der Waals surface area contributed by atoms with Gasteiger partial charge in [-0.15, -0.1) is 35.3 Å². The number of aromatic nitrogens is 1. The first-order chi connectivity index (χ1) is 12.1. The molecular formula is C19H29IN4OS. The number of hydrogen-bond acceptors (Lipinski definition) is 4. The maximum Gasteiger partial charge on any atom is 0.191 e. The molecule has 0 aliphatic carbocycles. The second-order valence-corrected chi connectivity index (χ2v) is 6.95. The highest BCUT2D eigenvalue weighted by atomic mass is 127. The summed E-state index contributed by atoms with van der Waals surface area (Å²) in [5.41, 5.74) is 2.40. The third kappa shape index (κ3) is 7.49. The second kappa shape index (κ2) is 12.1. The molecule has 0 spiro atoms. The van der Waals surface area contributed by atoms with E-state index in [-0.39, 0.29) is 24.0 Å². The first-order valence-corrected chi connectivity index (χ1v) is 9.61. The van der Waals surface area contributed by atoms with Gasteiger partial charge in [0.1, 0.15) is 10.8 Å². The van der Waals surface area contributed by atoms with Crippen LogP contribution in [-0.4, -0.2) is 31.1 Å². The van der Waals surface area contributed by atoms with Crippen LogP contribution in [0.5, 0.6) is 5.75 Å². The Bertz CT molecular complexity index is 688. The molecule has 144 valence electrons. The fourth-order valence-electron chi connectivity index (χ4n) is 2.33. The van der Waals surface area contributed by atoms with Crippen LogP contribution in [0.3, 0.4) is 0 Å². The van der Waals surface area contributed by atoms with E-state index in [9.17, 15) is 0 Å². The highest BCUT2D eigenvalue weighted by Gasteiger charge is 2.06. The molecule has 0 atom stereocenters. The summed E-state index contributed by atoms with van der Waals surface area (Å²) in [4.78, 5) is 8.90. The van der Waals surface area contributed by atoms with Crippen molar-refractivity contribution in [1.82, 2.24) is 15.6 Å². The molecule has 0 saturated carbocycles. The van der Waals surface area contributed by atoms with Gasteiger partial charge >= 0.3 is 0 Å². The zero-order valence-corrected chi connectivity index (χ0v) is 19.1. The van der Waals surface area contributed by atoms with Gasteiger partial charge in [0.25, 0.3) is 0 Å². The van der Waals surface area contributed by atoms with Gasteiger partial charge in [-0.3, -0.25) is 4.99 Å². The van der Waals surface area contributed by atoms with E-state index in [1.54, 1.807) is 18.4 Å². The standard InChI is InChI=1S/C19H28N4OS.HI/c1-5-24-16-8-6-7-15(11-16)9-10-21-19(20-4)22-12-18-23-17(13-25-18)14(2)3;/h6-8,11,13-14H,5,9-10,12H2,1-4H3,(H2,20,21,22);1H. The quantitative estimate of drug-likeness (QED) is 0.333. The third-order valence-corrected chi connectivity index (χ3v) is 4.57. The molecule has 0 radical (unpaired) electrons. The molecule has 1 heterocycles. The van der Waals surface area contributed by atoms with E-state index in [1.807, 2.05) is 19.1 Å². The summed E-state index contributed by atoms with van der Waals surface area (Å²) in [5.74, 6) is 2.18. The van der Waals surface area contributed by atoms with Crippen LogP contribution >= 0.6 is 35.3 Å². The average molecular weight is 488 g/mol. The van der Waals surface area contributed by atoms with Crippen molar-refractivity contribution in [3.8, 4) is 5.75 Å². The lowest BCUT2D eigenvalue weighted by molar-refractivity contribution is 0.340. The monoisotopic (exact) mass is 488 g/mol. The Balaban J connectivity index is 0.00000338. The minimum Gasteiger partial charge on any atom is -0.494 e. The van der Waals surface area contributed by atoms with Crippen molar-refractivity contribution in [3.05, 3.63) is 45.9 Å². The van der Waals surface area contributed by atoms with Crippen LogP contribution in [-0.2, 0) is 13.0 Å². The molecular weight excluding hydrogens is 459 g/mol. The van der Waals surface area contributed by atoms with Crippen molar-refractivity contribution in [2.75, 3.05) is 20.2 Å². The molecule has 7 heteroatoms. The summed E-state index contributed by atoms with van der Waals surface area (Å²) in [6.07, 6.45) is 0.913. The van der Waals surface area contributed by atoms with Gasteiger partial charge in [0.05, 0.1) is 18.8 Å². The summed E-state index contributed by atoms with van der Waals surface area (Å²) < 4.78 is 5.54. The zero-order valence-electron chi connectivity index (χ0n) is 15.9. The smallest absolute Gasteiger partial charge is 0.191 e. The van der Waals surface area contributed by atoms with Gasteiger partial charge in [-0.1, -0.05) is 26.0 Å². The fourth-order valence-corrected chi connectivity index (χ4v) is 3.23. The fraction of sp³-hybridized carbons (Fsp3) is 0.474. The van der Waals surface area contributed by atoms with Gasteiger partial charge < -0.3 is 15.4 Å². The number of nitrogens with one attached hydrogen (secondary N) is 2. The number of hydrogen-bond donors (Lipinski definition) is 2. The lowest BCUT2D eigenvalue weighted by Crippen LogP contribution is -2.37. The molecule has 0 aliphatic rings. The predicted molar refractivity (Wildman–Crippen MR) is 121 cm³/mol. The van der Waals surface area contributed by atoms with E-state index in [0.717, 1.165) is 35.4 Å². The second-order valence-electron chi connectivity index (χ2n) is 6.00. The van der Waals surface area contributed by atoms with Crippen molar-refractivity contribution < 1.29 is 4.74 Å². The van der Waals surface area contributed by atoms with Gasteiger partial charge in [-0.2, -0.15) is 0 Å². The Hall–Kier alpha value is -1.35. The molecule has 0 unspecified atom stereocenters. The van der Waals surface area contributed by atoms with E-state index in [0.29, 0.717) is 19.1 Å². The number of nitrogens with zero attached hydrogens (tertiary/aromatic N) is 2. The Labute approximate surface area is 177 Å². The Kier molecular flexibility index (Phi) is 10.6. The predicted octanol–water partition coefficient (Wildman–Crippen LogP) is 4.19. The van der Waals surface area contributed by atoms with Gasteiger partial charge in [0, 0.05) is 19.0 Å². The number of thiazole rings is 1. The van der Waals surface area contributed by atoms with Crippen molar-refractivity contribution in [2.45, 2.75) is 39.7 Å². The number of halogens is 1. The van der Waals surface area contributed by atoms with Crippen LogP contribution < -0.4 is 15.4 Å². The number of ether oxygens (including phenoxy) is 1. The molecule has 2 N–H and O–H groups in total. The molecule has 0 amide bonds. The maximum atomic E-state index is 5.54. The summed E-state index contributed by atoms with van der Waals surface area (Å²) in [5, 5.41) is 9.87. The van der Waals surface area contributed by atoms with Crippen molar-refractivity contribution in [3.63, 3.8) is 0 Å². The van der Waals surface area contributed by atoms with E-state index in [1.165, 1.54) is 5.56 Å². The molecule has 1 aromatic carbocycles. The summed E-state index contributed by atoms with van der Waals surface area (Å²) >= 11 is 1.69. The summed E-state index contributed by atoms with van der Waals surface area (Å²) in [6.45, 7) is 8.51. The van der Waals surface area contributed by atoms with Crippen LogP contribution in [0.15, 0.2) is 34.6 Å². The van der Waals surface area contributed by atoms with E-state index < -0.39 is 0 Å². The zero-order chi connectivity index (χ0) is 18.1. The molecule has 0 saturated heterocycles. The van der Waals surface area contributed by atoms with Crippen LogP contribution in [0.25, 0.3) is 0 Å². The van der Waals surface area contributed by atoms with Gasteiger partial charge in [0.2, 0.25) is 0 Å². The van der Waals surface area contributed by atoms with Crippen molar-refractivity contribution >= 4 is 41.3 Å². The van der Waals surface area contributed by atoms with Gasteiger partial charge in [-0.25, -0.2) is 4.98 Å². The van der Waals surface area contributed by atoms with Crippen LogP contribution in [0.1, 0.15) is 43.0 Å². The minimum atomic E-state index is 0. The summed E-state index contributed by atoms with van der Waals surface area (Å²) in [6, 6.07) is 8.22. The molecule has 5 nitrogen and oxygen atoms in total. The first-order valence-electron chi connectivity index (χ1n) is 8.73. The average Bonchev–Trinajstić information content (AvgIpc) is 3.08. The highest BCUT2D eigenvalue weighted by Crippen LogP contribution is 2.17. The minimum absolute atomic E-state index is 0. The number of benzene rings is 1. The van der Waals surface area contributed by atoms with Gasteiger partial charge in [0.15, 0.2) is 5.96 Å².